The van der Waals surface area contributed by atoms with Gasteiger partial charge in [0.05, 0.1) is 5.56 Å². The number of rotatable bonds is 3. The van der Waals surface area contributed by atoms with Gasteiger partial charge in [-0.1, -0.05) is 0 Å². The zero-order valence-corrected chi connectivity index (χ0v) is 8.29. The average Bonchev–Trinajstić information content (AvgIpc) is 2.31. The van der Waals surface area contributed by atoms with E-state index in [2.05, 4.69) is 15.3 Å². The molecule has 2 aromatic heterocycles. The largest absolute Gasteiger partial charge is 0.478 e. The third-order valence-corrected chi connectivity index (χ3v) is 1.96. The van der Waals surface area contributed by atoms with Crippen molar-refractivity contribution in [2.45, 2.75) is 0 Å². The topological polar surface area (TPSA) is 75.1 Å². The van der Waals surface area contributed by atoms with E-state index in [1.807, 2.05) is 0 Å². The highest BCUT2D eigenvalue weighted by atomic mass is 16.4. The summed E-state index contributed by atoms with van der Waals surface area (Å²) in [5.41, 5.74) is 1.02. The minimum Gasteiger partial charge on any atom is -0.478 e. The summed E-state index contributed by atoms with van der Waals surface area (Å²) in [5, 5.41) is 11.7. The lowest BCUT2D eigenvalue weighted by Gasteiger charge is -2.04. The molecule has 16 heavy (non-hydrogen) atoms. The second-order valence-corrected chi connectivity index (χ2v) is 3.10. The first kappa shape index (κ1) is 10.1. The number of pyridine rings is 2. The number of nitrogens with one attached hydrogen (secondary N) is 1. The number of hydrogen-bond acceptors (Lipinski definition) is 4. The minimum atomic E-state index is -0.983. The van der Waals surface area contributed by atoms with E-state index < -0.39 is 5.97 Å². The Morgan fingerprint density at radius 2 is 1.94 bits per heavy atom. The molecule has 0 saturated heterocycles. The van der Waals surface area contributed by atoms with E-state index in [0.29, 0.717) is 5.82 Å². The van der Waals surface area contributed by atoms with Gasteiger partial charge in [-0.05, 0) is 24.3 Å². The molecular weight excluding hydrogens is 206 g/mol. The highest BCUT2D eigenvalue weighted by molar-refractivity contribution is 5.87. The monoisotopic (exact) mass is 215 g/mol. The number of hydrogen-bond donors (Lipinski definition) is 2. The van der Waals surface area contributed by atoms with Crippen molar-refractivity contribution in [3.63, 3.8) is 0 Å². The quantitative estimate of drug-likeness (QED) is 0.818. The fraction of sp³-hybridized carbons (Fsp3) is 0. The SMILES string of the molecule is O=C(O)c1ccc(Nc2ccncc2)nc1. The van der Waals surface area contributed by atoms with Crippen molar-refractivity contribution in [3.8, 4) is 0 Å². The smallest absolute Gasteiger partial charge is 0.337 e. The maximum atomic E-state index is 10.6. The van der Waals surface area contributed by atoms with Gasteiger partial charge in [-0.25, -0.2) is 9.78 Å². The van der Waals surface area contributed by atoms with Gasteiger partial charge in [-0.15, -0.1) is 0 Å². The molecule has 0 aliphatic rings. The molecule has 2 N–H and O–H groups in total. The molecule has 5 heteroatoms. The Morgan fingerprint density at radius 1 is 1.19 bits per heavy atom. The molecule has 2 rings (SSSR count). The Bertz CT molecular complexity index is 482. The van der Waals surface area contributed by atoms with Gasteiger partial charge in [-0.3, -0.25) is 4.98 Å². The van der Waals surface area contributed by atoms with Gasteiger partial charge >= 0.3 is 5.97 Å². The summed E-state index contributed by atoms with van der Waals surface area (Å²) in [4.78, 5) is 18.5. The fourth-order valence-corrected chi connectivity index (χ4v) is 1.18. The number of aromatic nitrogens is 2. The molecule has 2 aromatic rings. The zero-order valence-electron chi connectivity index (χ0n) is 8.29. The molecule has 2 heterocycles. The Labute approximate surface area is 91.8 Å². The van der Waals surface area contributed by atoms with Crippen LogP contribution >= 0.6 is 0 Å². The van der Waals surface area contributed by atoms with Gasteiger partial charge < -0.3 is 10.4 Å². The molecule has 0 amide bonds. The lowest BCUT2D eigenvalue weighted by atomic mass is 10.3. The minimum absolute atomic E-state index is 0.167. The standard InChI is InChI=1S/C11H9N3O2/c15-11(16)8-1-2-10(13-7-8)14-9-3-5-12-6-4-9/h1-7H,(H,15,16)(H,12,13,14). The fourth-order valence-electron chi connectivity index (χ4n) is 1.18. The lowest BCUT2D eigenvalue weighted by Crippen LogP contribution is -1.99. The van der Waals surface area contributed by atoms with Gasteiger partial charge in [0, 0.05) is 24.3 Å². The summed E-state index contributed by atoms with van der Waals surface area (Å²) in [5.74, 6) is -0.390. The summed E-state index contributed by atoms with van der Waals surface area (Å²) in [6, 6.07) is 6.71. The van der Waals surface area contributed by atoms with Crippen LogP contribution in [0.5, 0.6) is 0 Å². The summed E-state index contributed by atoms with van der Waals surface area (Å²) in [7, 11) is 0. The van der Waals surface area contributed by atoms with Crippen molar-refractivity contribution in [2.75, 3.05) is 5.32 Å². The van der Waals surface area contributed by atoms with Gasteiger partial charge in [0.1, 0.15) is 5.82 Å². The summed E-state index contributed by atoms with van der Waals surface area (Å²) in [6.07, 6.45) is 4.63. The number of carbonyl (C=O) groups is 1. The van der Waals surface area contributed by atoms with Crippen molar-refractivity contribution in [1.29, 1.82) is 0 Å². The van der Waals surface area contributed by atoms with Crippen LogP contribution in [0.3, 0.4) is 0 Å². The lowest BCUT2D eigenvalue weighted by molar-refractivity contribution is 0.0696. The zero-order chi connectivity index (χ0) is 11.4. The highest BCUT2D eigenvalue weighted by Crippen LogP contribution is 2.12. The molecule has 0 saturated carbocycles. The van der Waals surface area contributed by atoms with Crippen LogP contribution in [0.25, 0.3) is 0 Å². The molecule has 0 bridgehead atoms. The van der Waals surface area contributed by atoms with Gasteiger partial charge in [0.25, 0.3) is 0 Å². The molecule has 0 aromatic carbocycles. The van der Waals surface area contributed by atoms with E-state index in [1.54, 1.807) is 30.6 Å². The van der Waals surface area contributed by atoms with Crippen molar-refractivity contribution in [1.82, 2.24) is 9.97 Å². The van der Waals surface area contributed by atoms with Crippen LogP contribution in [0.4, 0.5) is 11.5 Å². The molecule has 0 radical (unpaired) electrons. The molecule has 0 spiro atoms. The van der Waals surface area contributed by atoms with Crippen molar-refractivity contribution >= 4 is 17.5 Å². The van der Waals surface area contributed by atoms with E-state index in [-0.39, 0.29) is 5.56 Å². The Hall–Kier alpha value is -2.43. The van der Waals surface area contributed by atoms with Crippen LogP contribution < -0.4 is 5.32 Å². The maximum Gasteiger partial charge on any atom is 0.337 e. The molecule has 0 fully saturated rings. The third kappa shape index (κ3) is 2.33. The van der Waals surface area contributed by atoms with E-state index in [0.717, 1.165) is 5.69 Å². The van der Waals surface area contributed by atoms with Gasteiger partial charge in [0.2, 0.25) is 0 Å². The Kier molecular flexibility index (Phi) is 2.77. The second kappa shape index (κ2) is 4.39. The van der Waals surface area contributed by atoms with E-state index in [1.165, 1.54) is 12.3 Å². The first-order chi connectivity index (χ1) is 7.75. The van der Waals surface area contributed by atoms with Gasteiger partial charge in [0.15, 0.2) is 0 Å². The van der Waals surface area contributed by atoms with Crippen molar-refractivity contribution in [2.24, 2.45) is 0 Å². The van der Waals surface area contributed by atoms with Crippen LogP contribution in [-0.4, -0.2) is 21.0 Å². The average molecular weight is 215 g/mol. The number of carboxylic acids is 1. The van der Waals surface area contributed by atoms with Crippen molar-refractivity contribution < 1.29 is 9.90 Å². The Balaban J connectivity index is 2.14. The molecular formula is C11H9N3O2. The molecule has 0 aliphatic carbocycles. The van der Waals surface area contributed by atoms with Crippen LogP contribution in [0, 0.1) is 0 Å². The normalized spacial score (nSPS) is 9.75. The maximum absolute atomic E-state index is 10.6. The first-order valence-electron chi connectivity index (χ1n) is 4.62. The number of anilines is 2. The van der Waals surface area contributed by atoms with E-state index in [4.69, 9.17) is 5.11 Å². The van der Waals surface area contributed by atoms with Crippen LogP contribution in [0.1, 0.15) is 10.4 Å². The second-order valence-electron chi connectivity index (χ2n) is 3.10. The molecule has 80 valence electrons. The predicted molar refractivity (Wildman–Crippen MR) is 58.7 cm³/mol. The van der Waals surface area contributed by atoms with Crippen LogP contribution in [-0.2, 0) is 0 Å². The van der Waals surface area contributed by atoms with Crippen molar-refractivity contribution in [3.05, 3.63) is 48.4 Å². The van der Waals surface area contributed by atoms with Crippen LogP contribution in [0.2, 0.25) is 0 Å². The van der Waals surface area contributed by atoms with E-state index >= 15 is 0 Å². The summed E-state index contributed by atoms with van der Waals surface area (Å²) < 4.78 is 0. The van der Waals surface area contributed by atoms with E-state index in [9.17, 15) is 4.79 Å². The number of nitrogens with zero attached hydrogens (tertiary/aromatic N) is 2. The third-order valence-electron chi connectivity index (χ3n) is 1.96. The number of aromatic carboxylic acids is 1. The molecule has 5 nitrogen and oxygen atoms in total. The molecule has 0 aliphatic heterocycles. The molecule has 0 unspecified atom stereocenters. The van der Waals surface area contributed by atoms with Crippen LogP contribution in [0.15, 0.2) is 42.9 Å². The Morgan fingerprint density at radius 3 is 2.50 bits per heavy atom. The number of carboxylic acid groups (broad SMARTS) is 1. The highest BCUT2D eigenvalue weighted by Gasteiger charge is 2.02. The van der Waals surface area contributed by atoms with Gasteiger partial charge in [-0.2, -0.15) is 0 Å². The predicted octanol–water partition coefficient (Wildman–Crippen LogP) is 1.92. The summed E-state index contributed by atoms with van der Waals surface area (Å²) in [6.45, 7) is 0. The molecule has 0 atom stereocenters. The summed E-state index contributed by atoms with van der Waals surface area (Å²) >= 11 is 0. The first-order valence-corrected chi connectivity index (χ1v) is 4.62.